The van der Waals surface area contributed by atoms with Crippen LogP contribution in [0.4, 0.5) is 0 Å². The van der Waals surface area contributed by atoms with Gasteiger partial charge in [-0.25, -0.2) is 4.79 Å². The van der Waals surface area contributed by atoms with Gasteiger partial charge >= 0.3 is 5.97 Å². The van der Waals surface area contributed by atoms with E-state index < -0.39 is 5.97 Å². The maximum absolute atomic E-state index is 12.3. The molecule has 3 rings (SSSR count). The Morgan fingerprint density at radius 2 is 1.87 bits per heavy atom. The van der Waals surface area contributed by atoms with Crippen molar-refractivity contribution in [2.24, 2.45) is 0 Å². The van der Waals surface area contributed by atoms with Crippen LogP contribution in [0.2, 0.25) is 0 Å². The Hall–Kier alpha value is -3.80. The van der Waals surface area contributed by atoms with E-state index in [0.717, 1.165) is 27.8 Å². The smallest absolute Gasteiger partial charge is 0.331 e. The number of ether oxygens (including phenoxy) is 2. The van der Waals surface area contributed by atoms with E-state index >= 15 is 0 Å². The lowest BCUT2D eigenvalue weighted by Crippen LogP contribution is -2.32. The molecule has 0 bridgehead atoms. The van der Waals surface area contributed by atoms with Crippen molar-refractivity contribution >= 4 is 22.8 Å². The van der Waals surface area contributed by atoms with E-state index in [2.05, 4.69) is 16.4 Å². The fraction of sp³-hybridized carbons (Fsp3) is 0.200. The summed E-state index contributed by atoms with van der Waals surface area (Å²) in [6, 6.07) is 15.8. The van der Waals surface area contributed by atoms with E-state index in [4.69, 9.17) is 9.47 Å². The van der Waals surface area contributed by atoms with Gasteiger partial charge in [0.15, 0.2) is 6.61 Å². The van der Waals surface area contributed by atoms with E-state index in [9.17, 15) is 9.59 Å². The van der Waals surface area contributed by atoms with E-state index in [1.165, 1.54) is 6.08 Å². The van der Waals surface area contributed by atoms with Crippen LogP contribution in [0.15, 0.2) is 79.0 Å². The van der Waals surface area contributed by atoms with Gasteiger partial charge in [0.2, 0.25) is 0 Å². The molecule has 0 spiro atoms. The molecule has 1 aromatic heterocycles. The summed E-state index contributed by atoms with van der Waals surface area (Å²) in [6.07, 6.45) is 8.32. The number of para-hydroxylation sites is 1. The van der Waals surface area contributed by atoms with Crippen molar-refractivity contribution in [3.05, 3.63) is 90.2 Å². The van der Waals surface area contributed by atoms with Gasteiger partial charge in [-0.05, 0) is 36.2 Å². The van der Waals surface area contributed by atoms with Gasteiger partial charge in [0, 0.05) is 35.6 Å². The van der Waals surface area contributed by atoms with Crippen molar-refractivity contribution in [3.8, 4) is 5.75 Å². The number of aromatic amines is 1. The van der Waals surface area contributed by atoms with E-state index in [0.29, 0.717) is 6.54 Å². The van der Waals surface area contributed by atoms with Crippen LogP contribution < -0.4 is 10.1 Å². The number of carbonyl (C=O) groups is 2. The number of benzene rings is 2. The fourth-order valence-electron chi connectivity index (χ4n) is 3.32. The number of fused-ring (bicyclic) bond motifs is 1. The number of esters is 1. The summed E-state index contributed by atoms with van der Waals surface area (Å²) in [5, 5.41) is 3.98. The van der Waals surface area contributed by atoms with Gasteiger partial charge < -0.3 is 19.8 Å². The minimum absolute atomic E-state index is 0.0868. The Morgan fingerprint density at radius 3 is 2.61 bits per heavy atom. The van der Waals surface area contributed by atoms with Crippen molar-refractivity contribution < 1.29 is 19.1 Å². The van der Waals surface area contributed by atoms with Crippen LogP contribution in [-0.4, -0.2) is 37.1 Å². The maximum Gasteiger partial charge on any atom is 0.331 e. The summed E-state index contributed by atoms with van der Waals surface area (Å²) in [7, 11) is 1.63. The third-order valence-corrected chi connectivity index (χ3v) is 4.90. The Bertz CT molecular complexity index is 1080. The number of rotatable bonds is 9. The first-order valence-corrected chi connectivity index (χ1v) is 10.0. The van der Waals surface area contributed by atoms with Crippen molar-refractivity contribution in [1.82, 2.24) is 10.3 Å². The van der Waals surface area contributed by atoms with Crippen LogP contribution in [0.5, 0.6) is 5.75 Å². The summed E-state index contributed by atoms with van der Waals surface area (Å²) in [4.78, 5) is 27.2. The first kappa shape index (κ1) is 21.9. The van der Waals surface area contributed by atoms with Crippen LogP contribution in [0.25, 0.3) is 10.9 Å². The molecule has 0 aliphatic carbocycles. The molecule has 1 atom stereocenters. The van der Waals surface area contributed by atoms with Gasteiger partial charge in [-0.3, -0.25) is 4.79 Å². The van der Waals surface area contributed by atoms with Gasteiger partial charge in [-0.2, -0.15) is 0 Å². The lowest BCUT2D eigenvalue weighted by atomic mass is 9.91. The van der Waals surface area contributed by atoms with Gasteiger partial charge in [-0.15, -0.1) is 0 Å². The molecular formula is C25H26N2O4. The number of hydrogen-bond donors (Lipinski definition) is 2. The highest BCUT2D eigenvalue weighted by atomic mass is 16.5. The highest BCUT2D eigenvalue weighted by molar-refractivity contribution is 5.86. The minimum atomic E-state index is -0.559. The van der Waals surface area contributed by atoms with Crippen molar-refractivity contribution in [2.75, 3.05) is 20.3 Å². The van der Waals surface area contributed by atoms with Gasteiger partial charge in [0.1, 0.15) is 5.75 Å². The molecule has 0 saturated carbocycles. The quantitative estimate of drug-likeness (QED) is 0.311. The second-order valence-corrected chi connectivity index (χ2v) is 6.91. The molecule has 6 nitrogen and oxygen atoms in total. The van der Waals surface area contributed by atoms with Crippen molar-refractivity contribution in [2.45, 2.75) is 12.8 Å². The van der Waals surface area contributed by atoms with E-state index in [1.807, 2.05) is 55.6 Å². The number of aromatic nitrogens is 1. The zero-order valence-corrected chi connectivity index (χ0v) is 17.6. The maximum atomic E-state index is 12.3. The molecular weight excluding hydrogens is 392 g/mol. The van der Waals surface area contributed by atoms with Gasteiger partial charge in [0.05, 0.1) is 7.11 Å². The van der Waals surface area contributed by atoms with Gasteiger partial charge in [0.25, 0.3) is 5.91 Å². The molecule has 31 heavy (non-hydrogen) atoms. The molecule has 0 radical (unpaired) electrons. The summed E-state index contributed by atoms with van der Waals surface area (Å²) >= 11 is 0. The lowest BCUT2D eigenvalue weighted by Gasteiger charge is -2.18. The molecule has 2 aromatic carbocycles. The fourth-order valence-corrected chi connectivity index (χ4v) is 3.32. The predicted molar refractivity (Wildman–Crippen MR) is 121 cm³/mol. The third kappa shape index (κ3) is 5.85. The van der Waals surface area contributed by atoms with Crippen LogP contribution in [0.3, 0.4) is 0 Å². The Balaban J connectivity index is 1.73. The lowest BCUT2D eigenvalue weighted by molar-refractivity contribution is -0.143. The third-order valence-electron chi connectivity index (χ3n) is 4.90. The number of allylic oxidation sites excluding steroid dienone is 3. The molecule has 1 amide bonds. The standard InChI is InChI=1S/C25H26N2O4/c1-3-4-5-10-25(29)31-17-24(28)27-15-21(18-11-13-19(30-2)14-12-18)22-16-26-23-9-7-6-8-20(22)23/h3-14,16,21,26H,15,17H2,1-2H3,(H,27,28)/b4-3+,10-5+/t21-/m1/s1. The molecule has 0 fully saturated rings. The van der Waals surface area contributed by atoms with E-state index in [1.54, 1.807) is 25.3 Å². The number of H-pyrrole nitrogens is 1. The second kappa shape index (κ2) is 10.8. The predicted octanol–water partition coefficient (Wildman–Crippen LogP) is 4.10. The minimum Gasteiger partial charge on any atom is -0.497 e. The highest BCUT2D eigenvalue weighted by Gasteiger charge is 2.19. The number of methoxy groups -OCH3 is 1. The monoisotopic (exact) mass is 418 g/mol. The highest BCUT2D eigenvalue weighted by Crippen LogP contribution is 2.31. The molecule has 6 heteroatoms. The molecule has 0 saturated heterocycles. The zero-order chi connectivity index (χ0) is 22.1. The summed E-state index contributed by atoms with van der Waals surface area (Å²) in [5.41, 5.74) is 3.15. The summed E-state index contributed by atoms with van der Waals surface area (Å²) in [5.74, 6) is -0.234. The van der Waals surface area contributed by atoms with Crippen LogP contribution in [0.1, 0.15) is 24.0 Å². The molecule has 1 heterocycles. The number of hydrogen-bond acceptors (Lipinski definition) is 4. The largest absolute Gasteiger partial charge is 0.497 e. The number of carbonyl (C=O) groups excluding carboxylic acids is 2. The molecule has 0 unspecified atom stereocenters. The summed E-state index contributed by atoms with van der Waals surface area (Å²) in [6.45, 7) is 1.87. The number of amides is 1. The molecule has 3 aromatic rings. The molecule has 0 aliphatic heterocycles. The average Bonchev–Trinajstić information content (AvgIpc) is 3.22. The van der Waals surface area contributed by atoms with E-state index in [-0.39, 0.29) is 18.4 Å². The van der Waals surface area contributed by atoms with Crippen LogP contribution >= 0.6 is 0 Å². The first-order chi connectivity index (χ1) is 15.1. The zero-order valence-electron chi connectivity index (χ0n) is 17.6. The topological polar surface area (TPSA) is 80.4 Å². The Morgan fingerprint density at radius 1 is 1.10 bits per heavy atom. The normalized spacial score (nSPS) is 12.3. The molecule has 0 aliphatic rings. The SMILES string of the molecule is C/C=C/C=C/C(=O)OCC(=O)NC[C@H](c1ccc(OC)cc1)c1c[nH]c2ccccc12. The second-order valence-electron chi connectivity index (χ2n) is 6.91. The molecule has 2 N–H and O–H groups in total. The number of nitrogens with one attached hydrogen (secondary N) is 2. The first-order valence-electron chi connectivity index (χ1n) is 10.0. The van der Waals surface area contributed by atoms with Crippen LogP contribution in [0, 0.1) is 0 Å². The average molecular weight is 418 g/mol. The Kier molecular flexibility index (Phi) is 7.65. The van der Waals surface area contributed by atoms with Crippen LogP contribution in [-0.2, 0) is 14.3 Å². The summed E-state index contributed by atoms with van der Waals surface area (Å²) < 4.78 is 10.2. The van der Waals surface area contributed by atoms with Gasteiger partial charge in [-0.1, -0.05) is 48.6 Å². The molecule has 160 valence electrons. The Labute approximate surface area is 181 Å². The van der Waals surface area contributed by atoms with Crippen molar-refractivity contribution in [3.63, 3.8) is 0 Å². The van der Waals surface area contributed by atoms with Crippen molar-refractivity contribution in [1.29, 1.82) is 0 Å².